The minimum Gasteiger partial charge on any atom is -0.370 e. The molecule has 0 aliphatic rings. The zero-order valence-electron chi connectivity index (χ0n) is 7.08. The van der Waals surface area contributed by atoms with Gasteiger partial charge in [0.25, 0.3) is 0 Å². The van der Waals surface area contributed by atoms with Crippen molar-refractivity contribution in [1.29, 1.82) is 0 Å². The summed E-state index contributed by atoms with van der Waals surface area (Å²) < 4.78 is 34.7. The number of hydrogen-bond acceptors (Lipinski definition) is 1. The molecule has 0 rings (SSSR count). The van der Waals surface area contributed by atoms with Crippen LogP contribution in [0.25, 0.3) is 0 Å². The first-order valence-electron chi connectivity index (χ1n) is 3.27. The van der Waals surface area contributed by atoms with Crippen LogP contribution >= 0.6 is 12.4 Å². The Hall–Kier alpha value is -1.18. The molecule has 0 aliphatic heterocycles. The van der Waals surface area contributed by atoms with Gasteiger partial charge in [-0.2, -0.15) is 18.2 Å². The smallest absolute Gasteiger partial charge is 0.370 e. The van der Waals surface area contributed by atoms with E-state index in [4.69, 9.17) is 17.2 Å². The average molecular weight is 234 g/mol. The number of nitrogens with zero attached hydrogens (tertiary/aromatic N) is 2. The van der Waals surface area contributed by atoms with Crippen LogP contribution in [0.4, 0.5) is 13.2 Å². The summed E-state index contributed by atoms with van der Waals surface area (Å²) in [7, 11) is 0. The van der Waals surface area contributed by atoms with Crippen LogP contribution in [0.15, 0.2) is 9.98 Å². The Kier molecular flexibility index (Phi) is 6.89. The number of aliphatic imine (C=N–C) groups is 2. The van der Waals surface area contributed by atoms with Gasteiger partial charge in [0.05, 0.1) is 13.0 Å². The van der Waals surface area contributed by atoms with Crippen molar-refractivity contribution < 1.29 is 13.2 Å². The van der Waals surface area contributed by atoms with Crippen LogP contribution in [-0.4, -0.2) is 24.6 Å². The summed E-state index contributed by atoms with van der Waals surface area (Å²) in [5, 5.41) is 0. The first kappa shape index (κ1) is 15.3. The van der Waals surface area contributed by atoms with E-state index in [0.717, 1.165) is 0 Å². The SMILES string of the molecule is Cl.NC(N)=NC(N)=NCCC(F)(F)F. The third-order valence-electron chi connectivity index (χ3n) is 0.913. The summed E-state index contributed by atoms with van der Waals surface area (Å²) in [6.45, 7) is -0.480. The number of alkyl halides is 3. The Labute approximate surface area is 84.7 Å². The van der Waals surface area contributed by atoms with Crippen LogP contribution in [0.5, 0.6) is 0 Å². The van der Waals surface area contributed by atoms with Crippen LogP contribution < -0.4 is 17.2 Å². The number of halogens is 4. The van der Waals surface area contributed by atoms with Crippen LogP contribution in [0.1, 0.15) is 6.42 Å². The van der Waals surface area contributed by atoms with Crippen LogP contribution in [0.2, 0.25) is 0 Å². The van der Waals surface area contributed by atoms with Gasteiger partial charge in [-0.15, -0.1) is 12.4 Å². The van der Waals surface area contributed by atoms with Gasteiger partial charge in [-0.3, -0.25) is 4.99 Å². The zero-order valence-corrected chi connectivity index (χ0v) is 7.90. The van der Waals surface area contributed by atoms with E-state index in [2.05, 4.69) is 9.98 Å². The number of hydrogen-bond donors (Lipinski definition) is 3. The minimum atomic E-state index is -4.25. The Morgan fingerprint density at radius 2 is 1.64 bits per heavy atom. The van der Waals surface area contributed by atoms with Gasteiger partial charge in [-0.05, 0) is 0 Å². The second kappa shape index (κ2) is 6.30. The van der Waals surface area contributed by atoms with Crippen molar-refractivity contribution in [2.24, 2.45) is 27.2 Å². The van der Waals surface area contributed by atoms with Crippen molar-refractivity contribution in [3.63, 3.8) is 0 Å². The van der Waals surface area contributed by atoms with Crippen LogP contribution in [0, 0.1) is 0 Å². The summed E-state index contributed by atoms with van der Waals surface area (Å²) in [6, 6.07) is 0. The summed E-state index contributed by atoms with van der Waals surface area (Å²) in [6.07, 6.45) is -5.30. The van der Waals surface area contributed by atoms with E-state index < -0.39 is 19.1 Å². The summed E-state index contributed by atoms with van der Waals surface area (Å²) in [5.41, 5.74) is 14.8. The minimum absolute atomic E-state index is 0. The van der Waals surface area contributed by atoms with E-state index in [1.165, 1.54) is 0 Å². The molecule has 0 aliphatic carbocycles. The molecule has 0 heterocycles. The molecule has 0 aromatic heterocycles. The molecule has 14 heavy (non-hydrogen) atoms. The molecule has 0 atom stereocenters. The fraction of sp³-hybridized carbons (Fsp3) is 0.600. The molecular formula is C5H11ClF3N5. The third-order valence-corrected chi connectivity index (χ3v) is 0.913. The highest BCUT2D eigenvalue weighted by Crippen LogP contribution is 2.18. The predicted octanol–water partition coefficient (Wildman–Crippen LogP) is -0.0513. The predicted molar refractivity (Wildman–Crippen MR) is 50.2 cm³/mol. The number of nitrogens with two attached hydrogens (primary N) is 3. The Morgan fingerprint density at radius 3 is 2.00 bits per heavy atom. The fourth-order valence-electron chi connectivity index (χ4n) is 0.465. The molecule has 5 nitrogen and oxygen atoms in total. The molecule has 0 spiro atoms. The highest BCUT2D eigenvalue weighted by molar-refractivity contribution is 5.92. The first-order valence-corrected chi connectivity index (χ1v) is 3.27. The molecule has 0 fully saturated rings. The van der Waals surface area contributed by atoms with E-state index in [1.54, 1.807) is 0 Å². The van der Waals surface area contributed by atoms with Gasteiger partial charge >= 0.3 is 6.18 Å². The quantitative estimate of drug-likeness (QED) is 0.460. The van der Waals surface area contributed by atoms with Gasteiger partial charge in [0.1, 0.15) is 0 Å². The van der Waals surface area contributed by atoms with E-state index in [0.29, 0.717) is 0 Å². The maximum atomic E-state index is 11.6. The monoisotopic (exact) mass is 233 g/mol. The van der Waals surface area contributed by atoms with E-state index in [1.807, 2.05) is 0 Å². The lowest BCUT2D eigenvalue weighted by molar-refractivity contribution is -0.132. The molecule has 0 radical (unpaired) electrons. The molecule has 0 aromatic rings. The van der Waals surface area contributed by atoms with E-state index in [9.17, 15) is 13.2 Å². The third kappa shape index (κ3) is 10.8. The number of rotatable bonds is 2. The lowest BCUT2D eigenvalue weighted by Crippen LogP contribution is -2.26. The molecule has 0 saturated carbocycles. The highest BCUT2D eigenvalue weighted by atomic mass is 35.5. The lowest BCUT2D eigenvalue weighted by Gasteiger charge is -2.02. The average Bonchev–Trinajstić information content (AvgIpc) is 1.81. The molecular weight excluding hydrogens is 223 g/mol. The summed E-state index contributed by atoms with van der Waals surface area (Å²) >= 11 is 0. The van der Waals surface area contributed by atoms with Crippen molar-refractivity contribution in [1.82, 2.24) is 0 Å². The second-order valence-corrected chi connectivity index (χ2v) is 2.14. The van der Waals surface area contributed by atoms with E-state index >= 15 is 0 Å². The topological polar surface area (TPSA) is 103 Å². The van der Waals surface area contributed by atoms with Crippen molar-refractivity contribution >= 4 is 24.3 Å². The van der Waals surface area contributed by atoms with Crippen molar-refractivity contribution in [3.05, 3.63) is 0 Å². The number of guanidine groups is 2. The maximum Gasteiger partial charge on any atom is 0.390 e. The standard InChI is InChI=1S/C5H10F3N5.ClH/c6-5(7,8)1-2-12-4(11)13-3(9)10;/h1-2H2,(H6,9,10,11,12,13);1H. The Balaban J connectivity index is 0. The second-order valence-electron chi connectivity index (χ2n) is 2.14. The Morgan fingerprint density at radius 1 is 1.14 bits per heavy atom. The molecule has 0 unspecified atom stereocenters. The molecule has 0 bridgehead atoms. The Bertz CT molecular complexity index is 220. The molecule has 0 saturated heterocycles. The van der Waals surface area contributed by atoms with Gasteiger partial charge < -0.3 is 17.2 Å². The van der Waals surface area contributed by atoms with Gasteiger partial charge in [-0.1, -0.05) is 0 Å². The van der Waals surface area contributed by atoms with Gasteiger partial charge in [0.15, 0.2) is 5.96 Å². The van der Waals surface area contributed by atoms with E-state index in [-0.39, 0.29) is 24.3 Å². The van der Waals surface area contributed by atoms with Gasteiger partial charge in [-0.25, -0.2) is 0 Å². The van der Waals surface area contributed by atoms with Crippen molar-refractivity contribution in [2.45, 2.75) is 12.6 Å². The highest BCUT2D eigenvalue weighted by Gasteiger charge is 2.25. The molecule has 0 aromatic carbocycles. The van der Waals surface area contributed by atoms with Crippen molar-refractivity contribution in [3.8, 4) is 0 Å². The normalized spacial score (nSPS) is 11.8. The maximum absolute atomic E-state index is 11.6. The molecule has 84 valence electrons. The summed E-state index contributed by atoms with van der Waals surface area (Å²) in [5.74, 6) is -0.697. The molecule has 9 heteroatoms. The van der Waals surface area contributed by atoms with Gasteiger partial charge in [0, 0.05) is 0 Å². The largest absolute Gasteiger partial charge is 0.390 e. The fourth-order valence-corrected chi connectivity index (χ4v) is 0.465. The van der Waals surface area contributed by atoms with Crippen LogP contribution in [-0.2, 0) is 0 Å². The van der Waals surface area contributed by atoms with Crippen LogP contribution in [0.3, 0.4) is 0 Å². The van der Waals surface area contributed by atoms with Gasteiger partial charge in [0.2, 0.25) is 5.96 Å². The summed E-state index contributed by atoms with van der Waals surface area (Å²) in [4.78, 5) is 6.51. The zero-order chi connectivity index (χ0) is 10.5. The lowest BCUT2D eigenvalue weighted by atomic mass is 10.4. The first-order chi connectivity index (χ1) is 5.81. The van der Waals surface area contributed by atoms with Crippen molar-refractivity contribution in [2.75, 3.05) is 6.54 Å². The molecule has 0 amide bonds. The molecule has 6 N–H and O–H groups in total.